The van der Waals surface area contributed by atoms with Gasteiger partial charge in [0.25, 0.3) is 0 Å². The maximum absolute atomic E-state index is 14.8. The number of fused-ring (bicyclic) bond motifs is 1. The van der Waals surface area contributed by atoms with E-state index in [1.165, 1.54) is 0 Å². The summed E-state index contributed by atoms with van der Waals surface area (Å²) in [6, 6.07) is 7.83. The molecule has 4 heterocycles. The van der Waals surface area contributed by atoms with E-state index in [9.17, 15) is 19.5 Å². The van der Waals surface area contributed by atoms with Crippen LogP contribution in [0.25, 0.3) is 0 Å². The number of carbonyl (C=O) groups is 3. The molecular weight excluding hydrogens is 572 g/mol. The van der Waals surface area contributed by atoms with Crippen molar-refractivity contribution in [2.75, 3.05) is 64.0 Å². The maximum atomic E-state index is 14.8. The van der Waals surface area contributed by atoms with Crippen molar-refractivity contribution in [2.45, 2.75) is 63.3 Å². The third-order valence-corrected chi connectivity index (χ3v) is 10.7. The number of benzene rings is 1. The smallest absolute Gasteiger partial charge is 0.248 e. The fraction of sp³-hybridized carbons (Fsp3) is 0.629. The van der Waals surface area contributed by atoms with Crippen molar-refractivity contribution in [3.05, 3.63) is 55.6 Å². The van der Waals surface area contributed by atoms with Gasteiger partial charge in [-0.1, -0.05) is 50.6 Å². The van der Waals surface area contributed by atoms with Crippen LogP contribution in [0.4, 0.5) is 5.69 Å². The minimum absolute atomic E-state index is 0.0748. The molecule has 0 aromatic heterocycles. The lowest BCUT2D eigenvalue weighted by Crippen LogP contribution is -2.60. The molecule has 2 unspecified atom stereocenters. The quantitative estimate of drug-likeness (QED) is 0.319. The molecule has 1 spiro atoms. The minimum atomic E-state index is -1.18. The summed E-state index contributed by atoms with van der Waals surface area (Å²) in [7, 11) is 0. The molecule has 1 aromatic rings. The predicted molar refractivity (Wildman–Crippen MR) is 172 cm³/mol. The zero-order chi connectivity index (χ0) is 32.4. The van der Waals surface area contributed by atoms with Gasteiger partial charge in [-0.3, -0.25) is 19.3 Å². The number of amides is 3. The molecule has 4 aliphatic rings. The number of nitrogens with zero attached hydrogens (tertiary/aromatic N) is 4. The van der Waals surface area contributed by atoms with E-state index in [-0.39, 0.29) is 36.8 Å². The van der Waals surface area contributed by atoms with Gasteiger partial charge in [0.05, 0.1) is 43.3 Å². The van der Waals surface area contributed by atoms with Crippen molar-refractivity contribution in [1.82, 2.24) is 14.7 Å². The Labute approximate surface area is 267 Å². The number of hydrogen-bond acceptors (Lipinski definition) is 7. The van der Waals surface area contributed by atoms with E-state index in [1.54, 1.807) is 26.9 Å². The number of likely N-dealkylation sites (tertiary alicyclic amines) is 1. The molecule has 4 saturated heterocycles. The fourth-order valence-electron chi connectivity index (χ4n) is 8.13. The van der Waals surface area contributed by atoms with Gasteiger partial charge in [-0.2, -0.15) is 0 Å². The lowest BCUT2D eigenvalue weighted by molar-refractivity contribution is -0.156. The Morgan fingerprint density at radius 3 is 2.42 bits per heavy atom. The van der Waals surface area contributed by atoms with E-state index >= 15 is 0 Å². The molecule has 0 radical (unpaired) electrons. The van der Waals surface area contributed by atoms with Crippen molar-refractivity contribution in [2.24, 2.45) is 17.8 Å². The van der Waals surface area contributed by atoms with Gasteiger partial charge in [0.2, 0.25) is 17.7 Å². The number of hydrogen-bond donors (Lipinski definition) is 1. The summed E-state index contributed by atoms with van der Waals surface area (Å²) < 4.78 is 12.4. The molecule has 10 heteroatoms. The lowest BCUT2D eigenvalue weighted by Gasteiger charge is -2.41. The number of carbonyl (C=O) groups excluding carboxylic acids is 3. The minimum Gasteiger partial charge on any atom is -0.394 e. The second-order valence-corrected chi connectivity index (χ2v) is 13.2. The van der Waals surface area contributed by atoms with Crippen molar-refractivity contribution in [3.63, 3.8) is 0 Å². The highest BCUT2D eigenvalue weighted by atomic mass is 16.5. The fourth-order valence-corrected chi connectivity index (χ4v) is 8.13. The van der Waals surface area contributed by atoms with Crippen LogP contribution in [0.3, 0.4) is 0 Å². The van der Waals surface area contributed by atoms with Gasteiger partial charge in [0.1, 0.15) is 11.6 Å². The summed E-state index contributed by atoms with van der Waals surface area (Å²) in [5.41, 5.74) is -1.39. The van der Waals surface area contributed by atoms with Gasteiger partial charge in [-0.15, -0.1) is 13.2 Å². The monoisotopic (exact) mass is 622 g/mol. The van der Waals surface area contributed by atoms with Gasteiger partial charge in [-0.25, -0.2) is 0 Å². The van der Waals surface area contributed by atoms with E-state index in [0.29, 0.717) is 57.8 Å². The SMILES string of the molecule is C=CCN(CCN1CCOCC1)C(=O)C1N([C@@H](CO)[C@@H](C)CC)C(=O)[C@@H]2[C@@H](C(=O)N(CC=C)c3ccccc3)[C@@]3(C)CCC12O3. The van der Waals surface area contributed by atoms with Gasteiger partial charge >= 0.3 is 0 Å². The van der Waals surface area contributed by atoms with Crippen LogP contribution in [0.15, 0.2) is 55.6 Å². The highest BCUT2D eigenvalue weighted by Gasteiger charge is 2.79. The summed E-state index contributed by atoms with van der Waals surface area (Å²) in [5, 5.41) is 10.7. The van der Waals surface area contributed by atoms with E-state index in [4.69, 9.17) is 9.47 Å². The van der Waals surface area contributed by atoms with E-state index in [1.807, 2.05) is 51.1 Å². The summed E-state index contributed by atoms with van der Waals surface area (Å²) in [4.78, 5) is 51.5. The summed E-state index contributed by atoms with van der Waals surface area (Å²) in [5.74, 6) is -2.43. The average molecular weight is 623 g/mol. The molecule has 3 amide bonds. The van der Waals surface area contributed by atoms with Crippen molar-refractivity contribution in [1.29, 1.82) is 0 Å². The normalized spacial score (nSPS) is 30.5. The third kappa shape index (κ3) is 5.86. The van der Waals surface area contributed by atoms with Gasteiger partial charge in [0, 0.05) is 45.0 Å². The Balaban J connectivity index is 1.55. The Morgan fingerprint density at radius 1 is 1.11 bits per heavy atom. The first-order valence-corrected chi connectivity index (χ1v) is 16.5. The number of anilines is 1. The number of ether oxygens (including phenoxy) is 2. The molecule has 7 atom stereocenters. The van der Waals surface area contributed by atoms with E-state index in [2.05, 4.69) is 18.1 Å². The van der Waals surface area contributed by atoms with Crippen LogP contribution in [0.2, 0.25) is 0 Å². The number of rotatable bonds is 14. The number of aliphatic hydroxyl groups excluding tert-OH is 1. The lowest BCUT2D eigenvalue weighted by atomic mass is 9.66. The molecule has 5 rings (SSSR count). The first-order chi connectivity index (χ1) is 21.7. The highest BCUT2D eigenvalue weighted by molar-refractivity contribution is 6.03. The molecule has 1 N–H and O–H groups in total. The number of aliphatic hydroxyl groups is 1. The Hall–Kier alpha value is -3.05. The highest BCUT2D eigenvalue weighted by Crippen LogP contribution is 2.64. The molecule has 4 aliphatic heterocycles. The Bertz CT molecular complexity index is 1250. The van der Waals surface area contributed by atoms with Crippen LogP contribution >= 0.6 is 0 Å². The summed E-state index contributed by atoms with van der Waals surface area (Å²) in [6.07, 6.45) is 5.12. The van der Waals surface area contributed by atoms with Gasteiger partial charge in [-0.05, 0) is 37.8 Å². The zero-order valence-electron chi connectivity index (χ0n) is 27.1. The van der Waals surface area contributed by atoms with Crippen LogP contribution < -0.4 is 4.90 Å². The molecule has 246 valence electrons. The zero-order valence-corrected chi connectivity index (χ0v) is 27.1. The summed E-state index contributed by atoms with van der Waals surface area (Å²) >= 11 is 0. The van der Waals surface area contributed by atoms with E-state index in [0.717, 1.165) is 13.1 Å². The molecule has 0 saturated carbocycles. The maximum Gasteiger partial charge on any atom is 0.248 e. The molecule has 2 bridgehead atoms. The molecule has 0 aliphatic carbocycles. The second-order valence-electron chi connectivity index (χ2n) is 13.2. The van der Waals surface area contributed by atoms with Crippen LogP contribution in [0.5, 0.6) is 0 Å². The second kappa shape index (κ2) is 13.7. The van der Waals surface area contributed by atoms with Crippen LogP contribution in [0.1, 0.15) is 40.0 Å². The standard InChI is InChI=1S/C35H50N4O6/c1-6-16-37(19-18-36-20-22-44-23-21-36)33(43)30-35-15-14-34(5,45-35)28(29(35)32(42)39(30)27(24-40)25(4)8-3)31(41)38(17-7-2)26-12-10-9-11-13-26/h6-7,9-13,25,27-30,40H,1-2,8,14-24H2,3-5H3/t25-,27-,28-,29-,30?,34+,35?/m0/s1. The first-order valence-electron chi connectivity index (χ1n) is 16.5. The Morgan fingerprint density at radius 2 is 1.80 bits per heavy atom. The van der Waals surface area contributed by atoms with Gasteiger partial charge in [0.15, 0.2) is 0 Å². The number of morpholine rings is 1. The third-order valence-electron chi connectivity index (χ3n) is 10.7. The van der Waals surface area contributed by atoms with E-state index < -0.39 is 35.1 Å². The molecular formula is C35H50N4O6. The average Bonchev–Trinajstić information content (AvgIpc) is 3.63. The van der Waals surface area contributed by atoms with Crippen molar-refractivity contribution >= 4 is 23.4 Å². The largest absolute Gasteiger partial charge is 0.394 e. The predicted octanol–water partition coefficient (Wildman–Crippen LogP) is 2.72. The molecule has 45 heavy (non-hydrogen) atoms. The molecule has 1 aromatic carbocycles. The van der Waals surface area contributed by atoms with Crippen molar-refractivity contribution in [3.8, 4) is 0 Å². The topological polar surface area (TPSA) is 103 Å². The number of para-hydroxylation sites is 1. The van der Waals surface area contributed by atoms with Crippen LogP contribution in [-0.4, -0.2) is 120 Å². The molecule has 10 nitrogen and oxygen atoms in total. The van der Waals surface area contributed by atoms with Gasteiger partial charge < -0.3 is 29.3 Å². The summed E-state index contributed by atoms with van der Waals surface area (Å²) in [6.45, 7) is 18.1. The van der Waals surface area contributed by atoms with Crippen molar-refractivity contribution < 1.29 is 29.0 Å². The van der Waals surface area contributed by atoms with Crippen LogP contribution in [-0.2, 0) is 23.9 Å². The molecule has 4 fully saturated rings. The Kier molecular flexibility index (Phi) is 10.2. The van der Waals surface area contributed by atoms with Crippen LogP contribution in [0, 0.1) is 17.8 Å². The first kappa shape index (κ1) is 33.3.